The van der Waals surface area contributed by atoms with E-state index in [9.17, 15) is 10.2 Å². The Labute approximate surface area is 289 Å². The van der Waals surface area contributed by atoms with E-state index in [1.165, 1.54) is 83.0 Å². The number of rotatable bonds is 12. The molecule has 4 heteroatoms. The molecule has 1 aliphatic rings. The van der Waals surface area contributed by atoms with Crippen molar-refractivity contribution in [3.63, 3.8) is 0 Å². The van der Waals surface area contributed by atoms with Crippen LogP contribution in [0.5, 0.6) is 23.0 Å². The summed E-state index contributed by atoms with van der Waals surface area (Å²) in [6.45, 7) is 8.79. The fraction of sp³-hybridized carbons (Fsp3) is 0.455. The first-order valence-corrected chi connectivity index (χ1v) is 18.2. The van der Waals surface area contributed by atoms with E-state index in [-0.39, 0.29) is 0 Å². The van der Waals surface area contributed by atoms with Crippen LogP contribution in [0.2, 0.25) is 0 Å². The number of aromatic hydroxyl groups is 2. The summed E-state index contributed by atoms with van der Waals surface area (Å²) in [5.74, 6) is 2.30. The van der Waals surface area contributed by atoms with Gasteiger partial charge in [-0.3, -0.25) is 0 Å². The average molecular weight is 649 g/mol. The van der Waals surface area contributed by atoms with Gasteiger partial charge in [0.15, 0.2) is 0 Å². The highest BCUT2D eigenvalue weighted by Crippen LogP contribution is 2.38. The quantitative estimate of drug-likeness (QED) is 0.132. The van der Waals surface area contributed by atoms with Crippen molar-refractivity contribution in [3.05, 3.63) is 115 Å². The highest BCUT2D eigenvalue weighted by Gasteiger charge is 2.21. The molecule has 4 aromatic carbocycles. The molecule has 5 rings (SSSR count). The standard InChI is InChI=1S/C44H56O4/c1-7-9-11-13-15-41-31-17-29(3)18-32(41)22-36-26-40(48-6)28-38(44(36)46)24-34-20-30(4)19-33(42(34)16-14-12-10-8-2)23-37-27-39(47-5)25-35(21-31)43(37)45/h17-20,25-28,45-46H,7-16,21-24H2,1-6H3. The van der Waals surface area contributed by atoms with Gasteiger partial charge in [-0.2, -0.15) is 0 Å². The minimum absolute atomic E-state index is 0.371. The Hall–Kier alpha value is -3.92. The first kappa shape index (κ1) is 35.4. The van der Waals surface area contributed by atoms with Gasteiger partial charge < -0.3 is 19.7 Å². The van der Waals surface area contributed by atoms with E-state index in [1.54, 1.807) is 14.2 Å². The summed E-state index contributed by atoms with van der Waals surface area (Å²) >= 11 is 0. The van der Waals surface area contributed by atoms with Crippen molar-refractivity contribution in [1.29, 1.82) is 0 Å². The number of ether oxygens (including phenoxy) is 2. The van der Waals surface area contributed by atoms with Crippen LogP contribution in [0.15, 0.2) is 48.5 Å². The molecule has 8 bridgehead atoms. The van der Waals surface area contributed by atoms with E-state index in [0.717, 1.165) is 59.4 Å². The summed E-state index contributed by atoms with van der Waals surface area (Å²) in [6, 6.07) is 17.2. The molecule has 0 spiro atoms. The lowest BCUT2D eigenvalue weighted by atomic mass is 9.84. The fourth-order valence-electron chi connectivity index (χ4n) is 7.73. The number of phenolic OH excluding ortho intramolecular Hbond substituents is 2. The zero-order chi connectivity index (χ0) is 34.2. The Morgan fingerprint density at radius 2 is 0.771 bits per heavy atom. The van der Waals surface area contributed by atoms with Gasteiger partial charge in [-0.15, -0.1) is 0 Å². The van der Waals surface area contributed by atoms with E-state index in [2.05, 4.69) is 52.0 Å². The van der Waals surface area contributed by atoms with Gasteiger partial charge in [-0.25, -0.2) is 0 Å². The van der Waals surface area contributed by atoms with Crippen LogP contribution in [0.4, 0.5) is 0 Å². The number of benzene rings is 4. The highest BCUT2D eigenvalue weighted by atomic mass is 16.5. The van der Waals surface area contributed by atoms with Gasteiger partial charge in [0.2, 0.25) is 0 Å². The lowest BCUT2D eigenvalue weighted by Crippen LogP contribution is -2.08. The summed E-state index contributed by atoms with van der Waals surface area (Å²) < 4.78 is 11.7. The van der Waals surface area contributed by atoms with E-state index in [0.29, 0.717) is 37.2 Å². The highest BCUT2D eigenvalue weighted by molar-refractivity contribution is 5.56. The molecule has 0 atom stereocenters. The number of hydrogen-bond acceptors (Lipinski definition) is 4. The molecule has 4 nitrogen and oxygen atoms in total. The summed E-state index contributed by atoms with van der Waals surface area (Å²) in [6.07, 6.45) is 13.8. The van der Waals surface area contributed by atoms with Gasteiger partial charge in [0.05, 0.1) is 14.2 Å². The van der Waals surface area contributed by atoms with E-state index in [1.807, 2.05) is 24.3 Å². The second-order valence-corrected chi connectivity index (χ2v) is 14.0. The normalized spacial score (nSPS) is 12.6. The van der Waals surface area contributed by atoms with Crippen LogP contribution in [0.1, 0.15) is 132 Å². The minimum Gasteiger partial charge on any atom is -0.507 e. The maximum Gasteiger partial charge on any atom is 0.122 e. The lowest BCUT2D eigenvalue weighted by molar-refractivity contribution is 0.409. The molecule has 256 valence electrons. The van der Waals surface area contributed by atoms with Crippen molar-refractivity contribution < 1.29 is 19.7 Å². The predicted molar refractivity (Wildman–Crippen MR) is 199 cm³/mol. The molecule has 0 aromatic heterocycles. The first-order valence-electron chi connectivity index (χ1n) is 18.2. The Morgan fingerprint density at radius 1 is 0.458 bits per heavy atom. The second kappa shape index (κ2) is 16.5. The zero-order valence-corrected chi connectivity index (χ0v) is 30.2. The zero-order valence-electron chi connectivity index (χ0n) is 30.2. The van der Waals surface area contributed by atoms with E-state index < -0.39 is 0 Å². The van der Waals surface area contributed by atoms with Gasteiger partial charge in [-0.05, 0) is 97.2 Å². The predicted octanol–water partition coefficient (Wildman–Crippen LogP) is 10.7. The van der Waals surface area contributed by atoms with Crippen molar-refractivity contribution in [1.82, 2.24) is 0 Å². The molecule has 0 fully saturated rings. The molecule has 2 N–H and O–H groups in total. The van der Waals surface area contributed by atoms with Gasteiger partial charge in [-0.1, -0.05) is 87.8 Å². The maximum absolute atomic E-state index is 11.9. The summed E-state index contributed by atoms with van der Waals surface area (Å²) in [5, 5.41) is 23.9. The smallest absolute Gasteiger partial charge is 0.122 e. The average Bonchev–Trinajstić information content (AvgIpc) is 3.06. The largest absolute Gasteiger partial charge is 0.507 e. The SMILES string of the molecule is CCCCCCc1c2cc(C)cc1Cc1cc(OC)cc(c1O)Cc1cc(C)cc(c1CCCCCC)Cc1cc(OC)cc(c1O)C2. The minimum atomic E-state index is 0.371. The molecule has 0 heterocycles. The van der Waals surface area contributed by atoms with Crippen LogP contribution >= 0.6 is 0 Å². The monoisotopic (exact) mass is 648 g/mol. The fourth-order valence-corrected chi connectivity index (χ4v) is 7.73. The molecule has 0 saturated carbocycles. The van der Waals surface area contributed by atoms with Crippen LogP contribution in [0, 0.1) is 13.8 Å². The molecule has 0 unspecified atom stereocenters. The third-order valence-electron chi connectivity index (χ3n) is 10.2. The molecule has 0 amide bonds. The number of phenols is 2. The third kappa shape index (κ3) is 8.38. The Kier molecular flexibility index (Phi) is 12.1. The van der Waals surface area contributed by atoms with Gasteiger partial charge in [0.25, 0.3) is 0 Å². The molecular formula is C44H56O4. The summed E-state index contributed by atoms with van der Waals surface area (Å²) in [4.78, 5) is 0. The van der Waals surface area contributed by atoms with Crippen molar-refractivity contribution in [2.75, 3.05) is 14.2 Å². The van der Waals surface area contributed by atoms with Crippen LogP contribution in [-0.4, -0.2) is 24.4 Å². The van der Waals surface area contributed by atoms with Crippen LogP contribution in [-0.2, 0) is 38.5 Å². The van der Waals surface area contributed by atoms with Crippen molar-refractivity contribution >= 4 is 0 Å². The number of methoxy groups -OCH3 is 2. The molecule has 4 aromatic rings. The molecule has 0 radical (unpaired) electrons. The maximum atomic E-state index is 11.9. The first-order chi connectivity index (χ1) is 23.2. The van der Waals surface area contributed by atoms with E-state index >= 15 is 0 Å². The molecule has 0 saturated heterocycles. The number of hydrogen-bond donors (Lipinski definition) is 2. The third-order valence-corrected chi connectivity index (χ3v) is 10.2. The molecular weight excluding hydrogens is 592 g/mol. The van der Waals surface area contributed by atoms with Crippen LogP contribution in [0.3, 0.4) is 0 Å². The van der Waals surface area contributed by atoms with E-state index in [4.69, 9.17) is 9.47 Å². The van der Waals surface area contributed by atoms with Gasteiger partial charge in [0.1, 0.15) is 23.0 Å². The lowest BCUT2D eigenvalue weighted by Gasteiger charge is -2.22. The number of aryl methyl sites for hydroxylation is 2. The molecule has 1 aliphatic carbocycles. The summed E-state index contributed by atoms with van der Waals surface area (Å²) in [5.41, 5.74) is 13.5. The van der Waals surface area contributed by atoms with Gasteiger partial charge >= 0.3 is 0 Å². The summed E-state index contributed by atoms with van der Waals surface area (Å²) in [7, 11) is 3.43. The van der Waals surface area contributed by atoms with Crippen LogP contribution in [0.25, 0.3) is 0 Å². The van der Waals surface area contributed by atoms with Crippen molar-refractivity contribution in [2.45, 2.75) is 118 Å². The van der Waals surface area contributed by atoms with Crippen molar-refractivity contribution in [3.8, 4) is 23.0 Å². The van der Waals surface area contributed by atoms with Crippen LogP contribution < -0.4 is 9.47 Å². The molecule has 0 aliphatic heterocycles. The molecule has 48 heavy (non-hydrogen) atoms. The second-order valence-electron chi connectivity index (χ2n) is 14.0. The van der Waals surface area contributed by atoms with Crippen molar-refractivity contribution in [2.24, 2.45) is 0 Å². The Bertz CT molecular complexity index is 1490. The number of unbranched alkanes of at least 4 members (excludes halogenated alkanes) is 6. The number of fused-ring (bicyclic) bond motifs is 8. The van der Waals surface area contributed by atoms with Gasteiger partial charge in [0, 0.05) is 47.9 Å². The Balaban J connectivity index is 1.75. The Morgan fingerprint density at radius 3 is 1.04 bits per heavy atom. The topological polar surface area (TPSA) is 58.9 Å².